The second-order valence-electron chi connectivity index (χ2n) is 9.14. The van der Waals surface area contributed by atoms with Crippen molar-refractivity contribution in [2.45, 2.75) is 64.1 Å². The highest BCUT2D eigenvalue weighted by molar-refractivity contribution is 5.97. The maximum absolute atomic E-state index is 13.0. The highest BCUT2D eigenvalue weighted by Gasteiger charge is 2.61. The van der Waals surface area contributed by atoms with Gasteiger partial charge in [0.2, 0.25) is 0 Å². The minimum atomic E-state index is -0.928. The van der Waals surface area contributed by atoms with Crippen molar-refractivity contribution in [3.8, 4) is 0 Å². The fourth-order valence-corrected chi connectivity index (χ4v) is 5.82. The molecular weight excluding hydrogens is 358 g/mol. The lowest BCUT2D eigenvalue weighted by atomic mass is 9.48. The van der Waals surface area contributed by atoms with E-state index >= 15 is 0 Å². The first kappa shape index (κ1) is 19.1. The predicted molar refractivity (Wildman–Crippen MR) is 103 cm³/mol. The molecule has 4 saturated carbocycles. The van der Waals surface area contributed by atoms with Crippen molar-refractivity contribution in [1.29, 1.82) is 0 Å². The van der Waals surface area contributed by atoms with Crippen LogP contribution in [0.15, 0.2) is 24.3 Å². The van der Waals surface area contributed by atoms with Crippen LogP contribution in [-0.2, 0) is 14.3 Å². The van der Waals surface area contributed by atoms with Gasteiger partial charge in [-0.25, -0.2) is 0 Å². The molecule has 0 radical (unpaired) electrons. The first-order valence-electron chi connectivity index (χ1n) is 10.0. The Labute approximate surface area is 164 Å². The molecule has 0 spiro atoms. The zero-order chi connectivity index (χ0) is 20.1. The van der Waals surface area contributed by atoms with Gasteiger partial charge in [0.25, 0.3) is 5.91 Å². The van der Waals surface area contributed by atoms with Crippen LogP contribution in [0.2, 0.25) is 0 Å². The number of anilines is 1. The maximum Gasteiger partial charge on any atom is 0.312 e. The molecule has 5 rings (SSSR count). The second kappa shape index (κ2) is 6.69. The van der Waals surface area contributed by atoms with Crippen molar-refractivity contribution in [3.05, 3.63) is 29.8 Å². The molecule has 1 amide bonds. The standard InChI is InChI=1S/C22H27NO5/c1-13(24)17-3-5-18(6-4-17)23-19(25)14(2)28-20(26)21-8-15-7-16(9-21)11-22(27,10-15)12-21/h3-6,14-16,27H,7-12H2,1-2H3,(H,23,25)/t14-,15-,16+,21?,22?/m1/s1. The molecule has 4 aliphatic carbocycles. The molecule has 4 bridgehead atoms. The van der Waals surface area contributed by atoms with E-state index in [1.54, 1.807) is 31.2 Å². The third kappa shape index (κ3) is 3.46. The van der Waals surface area contributed by atoms with Crippen molar-refractivity contribution in [1.82, 2.24) is 0 Å². The first-order chi connectivity index (χ1) is 13.2. The van der Waals surface area contributed by atoms with E-state index in [-0.39, 0.29) is 11.8 Å². The third-order valence-electron chi connectivity index (χ3n) is 6.68. The van der Waals surface area contributed by atoms with Crippen LogP contribution in [0.5, 0.6) is 0 Å². The van der Waals surface area contributed by atoms with Gasteiger partial charge in [0.15, 0.2) is 11.9 Å². The Balaban J connectivity index is 1.39. The number of hydrogen-bond acceptors (Lipinski definition) is 5. The average molecular weight is 385 g/mol. The largest absolute Gasteiger partial charge is 0.452 e. The normalized spacial score (nSPS) is 34.0. The predicted octanol–water partition coefficient (Wildman–Crippen LogP) is 3.09. The van der Waals surface area contributed by atoms with Crippen LogP contribution in [0.1, 0.15) is 62.7 Å². The van der Waals surface area contributed by atoms with Crippen molar-refractivity contribution in [2.24, 2.45) is 17.3 Å². The molecule has 6 nitrogen and oxygen atoms in total. The number of rotatable bonds is 5. The molecule has 0 saturated heterocycles. The molecule has 4 fully saturated rings. The van der Waals surface area contributed by atoms with Gasteiger partial charge in [-0.05, 0) is 88.5 Å². The fraction of sp³-hybridized carbons (Fsp3) is 0.591. The van der Waals surface area contributed by atoms with Gasteiger partial charge in [0, 0.05) is 11.3 Å². The van der Waals surface area contributed by atoms with Crippen molar-refractivity contribution >= 4 is 23.3 Å². The summed E-state index contributed by atoms with van der Waals surface area (Å²) < 4.78 is 5.56. The lowest BCUT2D eigenvalue weighted by Gasteiger charge is -2.58. The van der Waals surface area contributed by atoms with Crippen LogP contribution < -0.4 is 5.32 Å². The van der Waals surface area contributed by atoms with E-state index in [0.717, 1.165) is 32.1 Å². The summed E-state index contributed by atoms with van der Waals surface area (Å²) in [5, 5.41) is 13.5. The molecule has 5 atom stereocenters. The minimum absolute atomic E-state index is 0.0441. The van der Waals surface area contributed by atoms with Crippen molar-refractivity contribution in [2.75, 3.05) is 5.32 Å². The Morgan fingerprint density at radius 2 is 1.71 bits per heavy atom. The van der Waals surface area contributed by atoms with Crippen LogP contribution in [-0.4, -0.2) is 34.5 Å². The highest BCUT2D eigenvalue weighted by atomic mass is 16.5. The van der Waals surface area contributed by atoms with Gasteiger partial charge in [-0.1, -0.05) is 0 Å². The molecule has 28 heavy (non-hydrogen) atoms. The zero-order valence-corrected chi connectivity index (χ0v) is 16.4. The van der Waals surface area contributed by atoms with E-state index in [0.29, 0.717) is 29.5 Å². The smallest absolute Gasteiger partial charge is 0.312 e. The van der Waals surface area contributed by atoms with Gasteiger partial charge < -0.3 is 15.2 Å². The molecule has 1 aromatic carbocycles. The van der Waals surface area contributed by atoms with Crippen LogP contribution in [0.4, 0.5) is 5.69 Å². The summed E-state index contributed by atoms with van der Waals surface area (Å²) in [6, 6.07) is 6.59. The molecule has 2 N–H and O–H groups in total. The van der Waals surface area contributed by atoms with Gasteiger partial charge in [-0.15, -0.1) is 0 Å². The summed E-state index contributed by atoms with van der Waals surface area (Å²) in [5.41, 5.74) is -0.275. The molecular formula is C22H27NO5. The zero-order valence-electron chi connectivity index (χ0n) is 16.4. The van der Waals surface area contributed by atoms with Crippen molar-refractivity contribution in [3.63, 3.8) is 0 Å². The molecule has 150 valence electrons. The lowest BCUT2D eigenvalue weighted by Crippen LogP contribution is -2.59. The van der Waals surface area contributed by atoms with Gasteiger partial charge in [0.1, 0.15) is 0 Å². The first-order valence-corrected chi connectivity index (χ1v) is 10.0. The number of carbonyl (C=O) groups excluding carboxylic acids is 3. The van der Waals surface area contributed by atoms with Crippen LogP contribution >= 0.6 is 0 Å². The SMILES string of the molecule is CC(=O)c1ccc(NC(=O)[C@@H](C)OC(=O)C23C[C@@H]4C[C@@H](CC(O)(C4)C2)C3)cc1. The molecule has 0 aliphatic heterocycles. The number of Topliss-reactive ketones (excluding diaryl/α,β-unsaturated/α-hetero) is 1. The van der Waals surface area contributed by atoms with E-state index in [2.05, 4.69) is 5.32 Å². The number of carbonyl (C=O) groups is 3. The number of hydrogen-bond donors (Lipinski definition) is 2. The third-order valence-corrected chi connectivity index (χ3v) is 6.68. The van der Waals surface area contributed by atoms with Crippen molar-refractivity contribution < 1.29 is 24.2 Å². The topological polar surface area (TPSA) is 92.7 Å². The van der Waals surface area contributed by atoms with Crippen LogP contribution in [0.3, 0.4) is 0 Å². The van der Waals surface area contributed by atoms with E-state index in [9.17, 15) is 19.5 Å². The van der Waals surface area contributed by atoms with Gasteiger partial charge >= 0.3 is 5.97 Å². The number of nitrogens with one attached hydrogen (secondary N) is 1. The van der Waals surface area contributed by atoms with E-state index in [4.69, 9.17) is 4.74 Å². The summed E-state index contributed by atoms with van der Waals surface area (Å²) in [5.74, 6) is -0.0511. The van der Waals surface area contributed by atoms with Gasteiger partial charge in [-0.3, -0.25) is 14.4 Å². The minimum Gasteiger partial charge on any atom is -0.452 e. The van der Waals surface area contributed by atoms with Crippen LogP contribution in [0, 0.1) is 17.3 Å². The molecule has 2 unspecified atom stereocenters. The number of amides is 1. The Kier molecular flexibility index (Phi) is 4.57. The number of ketones is 1. The molecule has 6 heteroatoms. The Bertz CT molecular complexity index is 801. The average Bonchev–Trinajstić information content (AvgIpc) is 2.59. The van der Waals surface area contributed by atoms with Gasteiger partial charge in [-0.2, -0.15) is 0 Å². The van der Waals surface area contributed by atoms with E-state index in [1.807, 2.05) is 0 Å². The lowest BCUT2D eigenvalue weighted by molar-refractivity contribution is -0.199. The monoisotopic (exact) mass is 385 g/mol. The second-order valence-corrected chi connectivity index (χ2v) is 9.14. The number of benzene rings is 1. The summed E-state index contributed by atoms with van der Waals surface area (Å²) in [6.45, 7) is 3.04. The molecule has 0 heterocycles. The Hall–Kier alpha value is -2.21. The summed E-state index contributed by atoms with van der Waals surface area (Å²) in [6.07, 6.45) is 3.69. The molecule has 1 aromatic rings. The Morgan fingerprint density at radius 3 is 2.25 bits per heavy atom. The molecule has 4 aliphatic rings. The quantitative estimate of drug-likeness (QED) is 0.600. The summed E-state index contributed by atoms with van der Waals surface area (Å²) in [4.78, 5) is 36.8. The van der Waals surface area contributed by atoms with Crippen LogP contribution in [0.25, 0.3) is 0 Å². The summed E-state index contributed by atoms with van der Waals surface area (Å²) >= 11 is 0. The number of aliphatic hydroxyl groups is 1. The fourth-order valence-electron chi connectivity index (χ4n) is 5.82. The molecule has 0 aromatic heterocycles. The number of esters is 1. The number of ether oxygens (including phenoxy) is 1. The van der Waals surface area contributed by atoms with E-state index in [1.165, 1.54) is 6.92 Å². The maximum atomic E-state index is 13.0. The van der Waals surface area contributed by atoms with Gasteiger partial charge in [0.05, 0.1) is 11.0 Å². The Morgan fingerprint density at radius 1 is 1.11 bits per heavy atom. The summed E-state index contributed by atoms with van der Waals surface area (Å²) in [7, 11) is 0. The highest BCUT2D eigenvalue weighted by Crippen LogP contribution is 2.62. The van der Waals surface area contributed by atoms with E-state index < -0.39 is 23.0 Å².